The van der Waals surface area contributed by atoms with Crippen LogP contribution in [0.1, 0.15) is 56.3 Å². The van der Waals surface area contributed by atoms with Gasteiger partial charge in [0.25, 0.3) is 0 Å². The average Bonchev–Trinajstić information content (AvgIpc) is 3.56. The summed E-state index contributed by atoms with van der Waals surface area (Å²) >= 11 is 0. The van der Waals surface area contributed by atoms with E-state index in [4.69, 9.17) is 9.15 Å². The predicted molar refractivity (Wildman–Crippen MR) is 144 cm³/mol. The Balaban J connectivity index is 1.43. The summed E-state index contributed by atoms with van der Waals surface area (Å²) in [6.45, 7) is 6.34. The fourth-order valence-electron chi connectivity index (χ4n) is 3.81. The Hall–Kier alpha value is -4.34. The lowest BCUT2D eigenvalue weighted by Gasteiger charge is -2.27. The summed E-state index contributed by atoms with van der Waals surface area (Å²) in [5, 5.41) is 7.79. The number of rotatable bonds is 10. The van der Waals surface area contributed by atoms with Crippen LogP contribution in [-0.2, 0) is 24.2 Å². The topological polar surface area (TPSA) is 86.3 Å². The highest BCUT2D eigenvalue weighted by Crippen LogP contribution is 2.23. The summed E-state index contributed by atoms with van der Waals surface area (Å²) in [7, 11) is 0. The summed E-state index contributed by atoms with van der Waals surface area (Å²) in [5.41, 5.74) is 1.81. The quantitative estimate of drug-likeness (QED) is 0.211. The van der Waals surface area contributed by atoms with Gasteiger partial charge in [-0.3, -0.25) is 9.58 Å². The van der Waals surface area contributed by atoms with Crippen molar-refractivity contribution in [1.82, 2.24) is 20.0 Å². The van der Waals surface area contributed by atoms with Crippen LogP contribution in [-0.4, -0.2) is 31.7 Å². The lowest BCUT2D eigenvalue weighted by atomic mass is 10.1. The average molecular weight is 536 g/mol. The first-order chi connectivity index (χ1) is 18.7. The summed E-state index contributed by atoms with van der Waals surface area (Å²) in [5.74, 6) is -1.12. The molecule has 8 nitrogen and oxygen atoms in total. The van der Waals surface area contributed by atoms with Crippen molar-refractivity contribution < 1.29 is 22.7 Å². The van der Waals surface area contributed by atoms with E-state index < -0.39 is 23.3 Å². The lowest BCUT2D eigenvalue weighted by Crippen LogP contribution is -2.36. The van der Waals surface area contributed by atoms with E-state index in [9.17, 15) is 13.6 Å². The van der Waals surface area contributed by atoms with Crippen molar-refractivity contribution in [2.24, 2.45) is 0 Å². The van der Waals surface area contributed by atoms with Crippen LogP contribution >= 0.6 is 0 Å². The number of nitrogens with zero attached hydrogens (tertiary/aromatic N) is 5. The number of halogens is 2. The van der Waals surface area contributed by atoms with E-state index in [-0.39, 0.29) is 18.0 Å². The van der Waals surface area contributed by atoms with Gasteiger partial charge in [0.05, 0.1) is 18.4 Å². The van der Waals surface area contributed by atoms with E-state index in [1.54, 1.807) is 27.0 Å². The molecule has 0 atom stereocenters. The number of carbonyl (C=O) groups excluding carboxylic acids is 1. The molecule has 0 fully saturated rings. The molecule has 39 heavy (non-hydrogen) atoms. The van der Waals surface area contributed by atoms with E-state index in [2.05, 4.69) is 15.3 Å². The fraction of sp³-hybridized carbons (Fsp3) is 0.310. The number of hydrogen-bond acceptors (Lipinski definition) is 6. The Bertz CT molecular complexity index is 1390. The van der Waals surface area contributed by atoms with Gasteiger partial charge in [0.15, 0.2) is 0 Å². The Labute approximate surface area is 225 Å². The number of amides is 1. The fourth-order valence-corrected chi connectivity index (χ4v) is 3.81. The molecule has 4 rings (SSSR count). The first-order valence-electron chi connectivity index (χ1n) is 12.7. The van der Waals surface area contributed by atoms with Gasteiger partial charge in [-0.1, -0.05) is 17.3 Å². The second-order valence-electron chi connectivity index (χ2n) is 10.0. The molecule has 0 bridgehead atoms. The molecule has 0 saturated heterocycles. The monoisotopic (exact) mass is 535 g/mol. The van der Waals surface area contributed by atoms with Crippen LogP contribution in [0.2, 0.25) is 0 Å². The van der Waals surface area contributed by atoms with Crippen molar-refractivity contribution >= 4 is 23.9 Å². The molecule has 0 radical (unpaired) electrons. The molecule has 0 saturated carbocycles. The first kappa shape index (κ1) is 27.7. The van der Waals surface area contributed by atoms with E-state index >= 15 is 0 Å². The molecule has 2 heterocycles. The molecule has 2 aromatic heterocycles. The Morgan fingerprint density at radius 2 is 1.90 bits per heavy atom. The SMILES string of the molecule is CC(C)(C)OC(=O)N(Cc1coc(/C=C/c2ccc(F)cc2F)n1)c1ccc(CCCCn2ccnn2)cc1. The molecule has 10 heteroatoms. The van der Waals surface area contributed by atoms with Crippen molar-refractivity contribution in [3.8, 4) is 0 Å². The zero-order valence-electron chi connectivity index (χ0n) is 22.2. The summed E-state index contributed by atoms with van der Waals surface area (Å²) < 4.78 is 40.0. The van der Waals surface area contributed by atoms with Crippen LogP contribution in [0.15, 0.2) is 65.5 Å². The molecule has 2 aromatic carbocycles. The maximum atomic E-state index is 13.9. The van der Waals surface area contributed by atoms with Crippen LogP contribution in [0.4, 0.5) is 19.3 Å². The molecule has 0 spiro atoms. The molecule has 0 aliphatic carbocycles. The highest BCUT2D eigenvalue weighted by molar-refractivity contribution is 5.87. The summed E-state index contributed by atoms with van der Waals surface area (Å²) in [6, 6.07) is 11.1. The molecule has 0 aliphatic rings. The third-order valence-corrected chi connectivity index (χ3v) is 5.69. The van der Waals surface area contributed by atoms with E-state index in [1.807, 2.05) is 35.1 Å². The number of oxazole rings is 1. The van der Waals surface area contributed by atoms with Gasteiger partial charge in [-0.2, -0.15) is 0 Å². The van der Waals surface area contributed by atoms with Crippen LogP contribution in [0, 0.1) is 11.6 Å². The highest BCUT2D eigenvalue weighted by Gasteiger charge is 2.24. The number of ether oxygens (including phenoxy) is 1. The van der Waals surface area contributed by atoms with Gasteiger partial charge in [0.1, 0.15) is 23.5 Å². The number of anilines is 1. The van der Waals surface area contributed by atoms with E-state index in [0.29, 0.717) is 11.4 Å². The van der Waals surface area contributed by atoms with Crippen LogP contribution < -0.4 is 4.90 Å². The van der Waals surface area contributed by atoms with Gasteiger partial charge >= 0.3 is 6.09 Å². The van der Waals surface area contributed by atoms with Crippen molar-refractivity contribution in [2.75, 3.05) is 4.90 Å². The molecule has 0 aliphatic heterocycles. The van der Waals surface area contributed by atoms with Gasteiger partial charge in [-0.15, -0.1) is 5.10 Å². The Morgan fingerprint density at radius 1 is 1.10 bits per heavy atom. The number of unbranched alkanes of at least 4 members (excludes halogenated alkanes) is 1. The summed E-state index contributed by atoms with van der Waals surface area (Å²) in [6.07, 6.45) is 10.2. The van der Waals surface area contributed by atoms with Crippen molar-refractivity contribution in [2.45, 2.75) is 58.7 Å². The van der Waals surface area contributed by atoms with Gasteiger partial charge in [0, 0.05) is 36.1 Å². The van der Waals surface area contributed by atoms with Gasteiger partial charge in [-0.05, 0) is 75.9 Å². The minimum absolute atomic E-state index is 0.106. The molecule has 0 N–H and O–H groups in total. The highest BCUT2D eigenvalue weighted by atomic mass is 19.1. The standard InChI is InChI=1S/C29H31F2N5O3/c1-29(2,3)39-28(37)36(25-12-7-21(8-13-25)6-4-5-16-35-17-15-32-34-35)19-24-20-38-27(33-24)14-10-22-9-11-23(30)18-26(22)31/h7-15,17-18,20H,4-6,16,19H2,1-3H3/b14-10+. The number of aryl methyl sites for hydroxylation is 2. The van der Waals surface area contributed by atoms with Crippen molar-refractivity contribution in [3.05, 3.63) is 95.5 Å². The normalized spacial score (nSPS) is 11.7. The third kappa shape index (κ3) is 8.33. The zero-order chi connectivity index (χ0) is 27.8. The number of hydrogen-bond donors (Lipinski definition) is 0. The molecule has 4 aromatic rings. The number of benzene rings is 2. The maximum Gasteiger partial charge on any atom is 0.415 e. The van der Waals surface area contributed by atoms with Crippen molar-refractivity contribution in [3.63, 3.8) is 0 Å². The smallest absolute Gasteiger partial charge is 0.415 e. The van der Waals surface area contributed by atoms with E-state index in [0.717, 1.165) is 37.4 Å². The molecule has 204 valence electrons. The lowest BCUT2D eigenvalue weighted by molar-refractivity contribution is 0.0577. The zero-order valence-corrected chi connectivity index (χ0v) is 22.2. The number of carbonyl (C=O) groups is 1. The largest absolute Gasteiger partial charge is 0.445 e. The molecule has 0 unspecified atom stereocenters. The molecular formula is C29H31F2N5O3. The van der Waals surface area contributed by atoms with Crippen LogP contribution in [0.25, 0.3) is 12.2 Å². The van der Waals surface area contributed by atoms with Crippen LogP contribution in [0.5, 0.6) is 0 Å². The van der Waals surface area contributed by atoms with Gasteiger partial charge in [-0.25, -0.2) is 18.6 Å². The minimum Gasteiger partial charge on any atom is -0.445 e. The second kappa shape index (κ2) is 12.5. The van der Waals surface area contributed by atoms with Gasteiger partial charge in [0.2, 0.25) is 5.89 Å². The first-order valence-corrected chi connectivity index (χ1v) is 12.7. The number of aromatic nitrogens is 4. The second-order valence-corrected chi connectivity index (χ2v) is 10.0. The third-order valence-electron chi connectivity index (χ3n) is 5.69. The predicted octanol–water partition coefficient (Wildman–Crippen LogP) is 6.68. The Kier molecular flexibility index (Phi) is 8.85. The summed E-state index contributed by atoms with van der Waals surface area (Å²) in [4.78, 5) is 19.0. The van der Waals surface area contributed by atoms with Crippen molar-refractivity contribution in [1.29, 1.82) is 0 Å². The molecule has 1 amide bonds. The maximum absolute atomic E-state index is 13.9. The van der Waals surface area contributed by atoms with E-state index in [1.165, 1.54) is 35.4 Å². The van der Waals surface area contributed by atoms with Crippen LogP contribution in [0.3, 0.4) is 0 Å². The van der Waals surface area contributed by atoms with Gasteiger partial charge < -0.3 is 9.15 Å². The molecular weight excluding hydrogens is 504 g/mol. The minimum atomic E-state index is -0.687. The Morgan fingerprint density at radius 3 is 2.59 bits per heavy atom.